The molecule has 0 spiro atoms. The summed E-state index contributed by atoms with van der Waals surface area (Å²) in [5.41, 5.74) is 9.39. The molecule has 0 aliphatic rings. The summed E-state index contributed by atoms with van der Waals surface area (Å²) in [6, 6.07) is 33.5. The first-order chi connectivity index (χ1) is 16.2. The molecule has 0 saturated heterocycles. The smallest absolute Gasteiger partial charge is 0.149 e. The van der Waals surface area contributed by atoms with Crippen LogP contribution in [0.15, 0.2) is 114 Å². The number of para-hydroxylation sites is 2. The van der Waals surface area contributed by atoms with E-state index in [1.54, 1.807) is 0 Å². The zero-order valence-corrected chi connectivity index (χ0v) is 18.3. The Bertz CT molecular complexity index is 1620. The number of nitrogens with zero attached hydrogens (tertiary/aromatic N) is 2. The predicted molar refractivity (Wildman–Crippen MR) is 136 cm³/mol. The van der Waals surface area contributed by atoms with E-state index in [0.717, 1.165) is 50.2 Å². The number of allylic oxidation sites excluding steroid dienone is 1. The molecule has 0 unspecified atom stereocenters. The highest BCUT2D eigenvalue weighted by atomic mass is 16.3. The summed E-state index contributed by atoms with van der Waals surface area (Å²) >= 11 is 0. The molecule has 3 heteroatoms. The number of hydrogen-bond acceptors (Lipinski definition) is 2. The van der Waals surface area contributed by atoms with Crippen molar-refractivity contribution in [3.05, 3.63) is 115 Å². The van der Waals surface area contributed by atoms with E-state index in [2.05, 4.69) is 83.9 Å². The van der Waals surface area contributed by atoms with Crippen LogP contribution in [0.5, 0.6) is 0 Å². The quantitative estimate of drug-likeness (QED) is 0.285. The van der Waals surface area contributed by atoms with E-state index >= 15 is 0 Å². The van der Waals surface area contributed by atoms with E-state index in [-0.39, 0.29) is 0 Å². The minimum atomic E-state index is 0.841. The number of imidazole rings is 1. The number of rotatable bonds is 4. The van der Waals surface area contributed by atoms with Crippen LogP contribution in [0.25, 0.3) is 55.8 Å². The van der Waals surface area contributed by atoms with Crippen LogP contribution in [-0.2, 0) is 0 Å². The molecule has 0 atom stereocenters. The monoisotopic (exact) mass is 426 g/mol. The second kappa shape index (κ2) is 7.64. The highest BCUT2D eigenvalue weighted by Crippen LogP contribution is 2.36. The Hall–Kier alpha value is -4.37. The Balaban J connectivity index is 1.56. The van der Waals surface area contributed by atoms with Crippen molar-refractivity contribution in [1.29, 1.82) is 0 Å². The minimum Gasteiger partial charge on any atom is -0.464 e. The van der Waals surface area contributed by atoms with Gasteiger partial charge in [-0.1, -0.05) is 72.8 Å². The molecule has 0 aliphatic carbocycles. The molecule has 0 saturated carbocycles. The maximum atomic E-state index is 5.92. The van der Waals surface area contributed by atoms with E-state index in [0.29, 0.717) is 0 Å². The maximum absolute atomic E-state index is 5.92. The van der Waals surface area contributed by atoms with E-state index < -0.39 is 0 Å². The van der Waals surface area contributed by atoms with Crippen molar-refractivity contribution in [2.45, 2.75) is 6.92 Å². The van der Waals surface area contributed by atoms with Gasteiger partial charge in [-0.05, 0) is 60.0 Å². The van der Waals surface area contributed by atoms with E-state index in [1.807, 2.05) is 37.5 Å². The van der Waals surface area contributed by atoms with E-state index in [1.165, 1.54) is 11.1 Å². The molecular formula is C30H22N2O. The summed E-state index contributed by atoms with van der Waals surface area (Å²) in [6.07, 6.45) is 1.81. The zero-order chi connectivity index (χ0) is 22.4. The van der Waals surface area contributed by atoms with Crippen LogP contribution in [-0.4, -0.2) is 9.55 Å². The molecule has 6 rings (SSSR count). The summed E-state index contributed by atoms with van der Waals surface area (Å²) < 4.78 is 8.13. The Labute approximate surface area is 192 Å². The van der Waals surface area contributed by atoms with Crippen molar-refractivity contribution >= 4 is 27.6 Å². The highest BCUT2D eigenvalue weighted by Gasteiger charge is 2.19. The average molecular weight is 427 g/mol. The number of benzene rings is 4. The van der Waals surface area contributed by atoms with Crippen molar-refractivity contribution in [2.24, 2.45) is 0 Å². The molecule has 4 aromatic carbocycles. The van der Waals surface area contributed by atoms with Gasteiger partial charge in [0, 0.05) is 11.1 Å². The topological polar surface area (TPSA) is 31.0 Å². The third-order valence-corrected chi connectivity index (χ3v) is 6.10. The lowest BCUT2D eigenvalue weighted by Gasteiger charge is -2.10. The average Bonchev–Trinajstić information content (AvgIpc) is 3.45. The largest absolute Gasteiger partial charge is 0.464 e. The van der Waals surface area contributed by atoms with Crippen LogP contribution in [0.1, 0.15) is 12.5 Å². The fourth-order valence-corrected chi connectivity index (χ4v) is 4.37. The van der Waals surface area contributed by atoms with Crippen molar-refractivity contribution in [1.82, 2.24) is 9.55 Å². The van der Waals surface area contributed by atoms with Gasteiger partial charge in [0.25, 0.3) is 0 Å². The van der Waals surface area contributed by atoms with Crippen LogP contribution in [0.2, 0.25) is 0 Å². The number of aromatic nitrogens is 2. The minimum absolute atomic E-state index is 0.841. The first-order valence-corrected chi connectivity index (χ1v) is 11.0. The third kappa shape index (κ3) is 3.26. The number of fused-ring (bicyclic) bond motifs is 2. The van der Waals surface area contributed by atoms with Gasteiger partial charge in [-0.3, -0.25) is 4.57 Å². The van der Waals surface area contributed by atoms with Crippen molar-refractivity contribution in [2.75, 3.05) is 0 Å². The van der Waals surface area contributed by atoms with Gasteiger partial charge in [0.05, 0.1) is 16.6 Å². The van der Waals surface area contributed by atoms with Gasteiger partial charge < -0.3 is 4.42 Å². The maximum Gasteiger partial charge on any atom is 0.149 e. The van der Waals surface area contributed by atoms with Gasteiger partial charge in [-0.25, -0.2) is 4.98 Å². The first kappa shape index (κ1) is 19.3. The predicted octanol–water partition coefficient (Wildman–Crippen LogP) is 8.14. The molecular weight excluding hydrogens is 404 g/mol. The van der Waals surface area contributed by atoms with Gasteiger partial charge in [0.1, 0.15) is 17.7 Å². The SMILES string of the molecule is C=C(C)c1ccc2occ(-c3nc4ccccc4n3-c3ccc(-c4ccccc4)cc3)c2c1. The van der Waals surface area contributed by atoms with Crippen molar-refractivity contribution < 1.29 is 4.42 Å². The lowest BCUT2D eigenvalue weighted by atomic mass is 10.0. The van der Waals surface area contributed by atoms with Gasteiger partial charge in [0.2, 0.25) is 0 Å². The summed E-state index contributed by atoms with van der Waals surface area (Å²) in [5.74, 6) is 0.862. The van der Waals surface area contributed by atoms with E-state index in [9.17, 15) is 0 Å². The third-order valence-electron chi connectivity index (χ3n) is 6.10. The van der Waals surface area contributed by atoms with Crippen molar-refractivity contribution in [3.8, 4) is 28.2 Å². The lowest BCUT2D eigenvalue weighted by Crippen LogP contribution is -1.97. The molecule has 0 fully saturated rings. The molecule has 0 N–H and O–H groups in total. The van der Waals surface area contributed by atoms with E-state index in [4.69, 9.17) is 9.40 Å². The second-order valence-corrected chi connectivity index (χ2v) is 8.31. The lowest BCUT2D eigenvalue weighted by molar-refractivity contribution is 0.616. The number of hydrogen-bond donors (Lipinski definition) is 0. The zero-order valence-electron chi connectivity index (χ0n) is 18.3. The summed E-state index contributed by atoms with van der Waals surface area (Å²) in [4.78, 5) is 5.02. The standard InChI is InChI=1S/C30H22N2O/c1-20(2)23-14-17-29-25(18-23)26(19-33-29)30-31-27-10-6-7-11-28(27)32(30)24-15-12-22(13-16-24)21-8-4-3-5-9-21/h3-19H,1H2,2H3. The molecule has 3 nitrogen and oxygen atoms in total. The van der Waals surface area contributed by atoms with Gasteiger partial charge in [-0.2, -0.15) is 0 Å². The molecule has 0 amide bonds. The van der Waals surface area contributed by atoms with Crippen LogP contribution >= 0.6 is 0 Å². The Kier molecular flexibility index (Phi) is 4.48. The Morgan fingerprint density at radius 1 is 0.818 bits per heavy atom. The summed E-state index contributed by atoms with van der Waals surface area (Å²) in [6.45, 7) is 6.12. The second-order valence-electron chi connectivity index (χ2n) is 8.31. The first-order valence-electron chi connectivity index (χ1n) is 11.0. The highest BCUT2D eigenvalue weighted by molar-refractivity contribution is 5.96. The van der Waals surface area contributed by atoms with Crippen LogP contribution in [0.4, 0.5) is 0 Å². The van der Waals surface area contributed by atoms with Gasteiger partial charge in [-0.15, -0.1) is 0 Å². The van der Waals surface area contributed by atoms with Crippen LogP contribution in [0, 0.1) is 0 Å². The van der Waals surface area contributed by atoms with Gasteiger partial charge in [0.15, 0.2) is 0 Å². The van der Waals surface area contributed by atoms with Gasteiger partial charge >= 0.3 is 0 Å². The summed E-state index contributed by atoms with van der Waals surface area (Å²) in [5, 5.41) is 1.04. The molecule has 0 aliphatic heterocycles. The van der Waals surface area contributed by atoms with Crippen LogP contribution in [0.3, 0.4) is 0 Å². The molecule has 6 aromatic rings. The Morgan fingerprint density at radius 2 is 1.55 bits per heavy atom. The van der Waals surface area contributed by atoms with Crippen LogP contribution < -0.4 is 0 Å². The number of furan rings is 1. The summed E-state index contributed by atoms with van der Waals surface area (Å²) in [7, 11) is 0. The molecule has 0 radical (unpaired) electrons. The molecule has 2 heterocycles. The molecule has 33 heavy (non-hydrogen) atoms. The molecule has 158 valence electrons. The Morgan fingerprint density at radius 3 is 2.33 bits per heavy atom. The van der Waals surface area contributed by atoms with Crippen molar-refractivity contribution in [3.63, 3.8) is 0 Å². The fourth-order valence-electron chi connectivity index (χ4n) is 4.37. The molecule has 0 bridgehead atoms. The fraction of sp³-hybridized carbons (Fsp3) is 0.0333. The molecule has 2 aromatic heterocycles. The normalized spacial score (nSPS) is 11.3.